The van der Waals surface area contributed by atoms with Crippen molar-refractivity contribution in [3.8, 4) is 0 Å². The number of hydrogen-bond donors (Lipinski definition) is 2. The number of piperidine rings is 2. The molecule has 0 saturated carbocycles. The van der Waals surface area contributed by atoms with Gasteiger partial charge in [-0.15, -0.1) is 6.58 Å². The average Bonchev–Trinajstić information content (AvgIpc) is 2.76. The minimum absolute atomic E-state index is 0.0104. The molecule has 2 aliphatic rings. The lowest BCUT2D eigenvalue weighted by Crippen LogP contribution is -2.52. The fraction of sp³-hybridized carbons (Fsp3) is 0.571. The third-order valence-corrected chi connectivity index (χ3v) is 5.66. The fourth-order valence-electron chi connectivity index (χ4n) is 4.08. The normalized spacial score (nSPS) is 21.1. The summed E-state index contributed by atoms with van der Waals surface area (Å²) >= 11 is 0. The molecule has 0 bridgehead atoms. The van der Waals surface area contributed by atoms with E-state index in [0.717, 1.165) is 57.6 Å². The largest absolute Gasteiger partial charge is 0.350 e. The molecule has 1 aromatic heterocycles. The van der Waals surface area contributed by atoms with Crippen molar-refractivity contribution < 1.29 is 9.59 Å². The van der Waals surface area contributed by atoms with Gasteiger partial charge in [-0.3, -0.25) is 14.7 Å². The molecule has 152 valence electrons. The van der Waals surface area contributed by atoms with E-state index in [2.05, 4.69) is 27.1 Å². The van der Waals surface area contributed by atoms with E-state index in [4.69, 9.17) is 0 Å². The molecule has 0 aliphatic carbocycles. The Balaban J connectivity index is 1.44. The van der Waals surface area contributed by atoms with Crippen molar-refractivity contribution in [2.45, 2.75) is 38.3 Å². The van der Waals surface area contributed by atoms with Crippen molar-refractivity contribution in [1.82, 2.24) is 25.4 Å². The van der Waals surface area contributed by atoms with Gasteiger partial charge in [-0.1, -0.05) is 12.1 Å². The number of carbonyl (C=O) groups excluding carboxylic acids is 2. The van der Waals surface area contributed by atoms with Crippen LogP contribution in [0.2, 0.25) is 0 Å². The Hall–Kier alpha value is -2.41. The molecule has 2 fully saturated rings. The number of pyridine rings is 1. The maximum Gasteiger partial charge on any atom is 0.317 e. The van der Waals surface area contributed by atoms with Crippen LogP contribution < -0.4 is 10.6 Å². The Morgan fingerprint density at radius 3 is 2.71 bits per heavy atom. The van der Waals surface area contributed by atoms with E-state index >= 15 is 0 Å². The summed E-state index contributed by atoms with van der Waals surface area (Å²) < 4.78 is 0. The first kappa shape index (κ1) is 20.3. The third kappa shape index (κ3) is 5.55. The molecule has 7 heteroatoms. The first-order valence-corrected chi connectivity index (χ1v) is 10.2. The standard InChI is InChI=1S/C21H31N5O2/c1-2-10-23-21(28)25-13-8-19(9-14-25)26-12-5-6-17(16-26)20(27)24-15-18-7-3-4-11-22-18/h2-4,7,11,17,19H,1,5-6,8-10,12-16H2,(H,23,28)(H,24,27)/t17-/m0/s1. The first-order chi connectivity index (χ1) is 13.7. The molecule has 28 heavy (non-hydrogen) atoms. The highest BCUT2D eigenvalue weighted by Gasteiger charge is 2.32. The summed E-state index contributed by atoms with van der Waals surface area (Å²) in [4.78, 5) is 33.3. The number of aromatic nitrogens is 1. The summed E-state index contributed by atoms with van der Waals surface area (Å²) in [5.74, 6) is 0.156. The van der Waals surface area contributed by atoms with Crippen LogP contribution in [-0.2, 0) is 11.3 Å². The summed E-state index contributed by atoms with van der Waals surface area (Å²) in [5.41, 5.74) is 0.880. The highest BCUT2D eigenvalue weighted by atomic mass is 16.2. The molecular weight excluding hydrogens is 354 g/mol. The van der Waals surface area contributed by atoms with E-state index in [1.807, 2.05) is 23.1 Å². The van der Waals surface area contributed by atoms with Crippen molar-refractivity contribution >= 4 is 11.9 Å². The summed E-state index contributed by atoms with van der Waals surface area (Å²) in [5, 5.41) is 5.88. The van der Waals surface area contributed by atoms with Gasteiger partial charge in [-0.05, 0) is 44.4 Å². The molecule has 0 aromatic carbocycles. The van der Waals surface area contributed by atoms with Crippen molar-refractivity contribution in [2.24, 2.45) is 5.92 Å². The van der Waals surface area contributed by atoms with Crippen molar-refractivity contribution in [3.05, 3.63) is 42.7 Å². The average molecular weight is 386 g/mol. The second kappa shape index (κ2) is 10.2. The van der Waals surface area contributed by atoms with Crippen LogP contribution in [0.15, 0.2) is 37.1 Å². The van der Waals surface area contributed by atoms with Crippen LogP contribution >= 0.6 is 0 Å². The van der Waals surface area contributed by atoms with Crippen molar-refractivity contribution in [1.29, 1.82) is 0 Å². The number of carbonyl (C=O) groups is 2. The molecule has 0 unspecified atom stereocenters. The van der Waals surface area contributed by atoms with Crippen LogP contribution in [-0.4, -0.2) is 65.5 Å². The van der Waals surface area contributed by atoms with Gasteiger partial charge in [0.15, 0.2) is 0 Å². The Kier molecular flexibility index (Phi) is 7.42. The minimum atomic E-state index is -0.0104. The van der Waals surface area contributed by atoms with Gasteiger partial charge in [0.05, 0.1) is 18.2 Å². The molecule has 0 spiro atoms. The predicted molar refractivity (Wildman–Crippen MR) is 109 cm³/mol. The molecule has 2 aliphatic heterocycles. The lowest BCUT2D eigenvalue weighted by Gasteiger charge is -2.42. The van der Waals surface area contributed by atoms with Gasteiger partial charge < -0.3 is 15.5 Å². The van der Waals surface area contributed by atoms with E-state index < -0.39 is 0 Å². The molecule has 2 N–H and O–H groups in total. The van der Waals surface area contributed by atoms with Gasteiger partial charge in [-0.25, -0.2) is 4.79 Å². The number of nitrogens with one attached hydrogen (secondary N) is 2. The zero-order valence-corrected chi connectivity index (χ0v) is 16.5. The number of urea groups is 1. The van der Waals surface area contributed by atoms with Gasteiger partial charge >= 0.3 is 6.03 Å². The van der Waals surface area contributed by atoms with Crippen LogP contribution in [0.1, 0.15) is 31.4 Å². The molecule has 2 saturated heterocycles. The molecule has 3 rings (SSSR count). The zero-order valence-electron chi connectivity index (χ0n) is 16.5. The number of hydrogen-bond acceptors (Lipinski definition) is 4. The first-order valence-electron chi connectivity index (χ1n) is 10.2. The summed E-state index contributed by atoms with van der Waals surface area (Å²) in [7, 11) is 0. The third-order valence-electron chi connectivity index (χ3n) is 5.66. The second-order valence-electron chi connectivity index (χ2n) is 7.57. The zero-order chi connectivity index (χ0) is 19.8. The second-order valence-corrected chi connectivity index (χ2v) is 7.57. The Morgan fingerprint density at radius 1 is 1.18 bits per heavy atom. The Labute approximate surface area is 167 Å². The highest BCUT2D eigenvalue weighted by Crippen LogP contribution is 2.24. The number of rotatable bonds is 6. The number of amides is 3. The van der Waals surface area contributed by atoms with Crippen LogP contribution in [0.4, 0.5) is 4.79 Å². The maximum absolute atomic E-state index is 12.6. The molecule has 3 heterocycles. The molecule has 3 amide bonds. The Morgan fingerprint density at radius 2 is 2.00 bits per heavy atom. The monoisotopic (exact) mass is 385 g/mol. The van der Waals surface area contributed by atoms with Gasteiger partial charge in [0.25, 0.3) is 0 Å². The Bertz CT molecular complexity index is 658. The van der Waals surface area contributed by atoms with Gasteiger partial charge in [0.2, 0.25) is 5.91 Å². The van der Waals surface area contributed by atoms with E-state index in [1.165, 1.54) is 0 Å². The summed E-state index contributed by atoms with van der Waals surface area (Å²) in [6.07, 6.45) is 7.34. The predicted octanol–water partition coefficient (Wildman–Crippen LogP) is 1.77. The minimum Gasteiger partial charge on any atom is -0.350 e. The molecule has 0 radical (unpaired) electrons. The van der Waals surface area contributed by atoms with E-state index in [0.29, 0.717) is 19.1 Å². The summed E-state index contributed by atoms with van der Waals surface area (Å²) in [6, 6.07) is 6.17. The SMILES string of the molecule is C=CCNC(=O)N1CCC(N2CCC[C@H](C(=O)NCc3ccccn3)C2)CC1. The van der Waals surface area contributed by atoms with Gasteiger partial charge in [0, 0.05) is 38.4 Å². The molecule has 1 atom stereocenters. The molecule has 1 aromatic rings. The maximum atomic E-state index is 12.6. The van der Waals surface area contributed by atoms with Crippen molar-refractivity contribution in [2.75, 3.05) is 32.7 Å². The van der Waals surface area contributed by atoms with Crippen LogP contribution in [0, 0.1) is 5.92 Å². The van der Waals surface area contributed by atoms with E-state index in [1.54, 1.807) is 12.3 Å². The number of nitrogens with zero attached hydrogens (tertiary/aromatic N) is 3. The lowest BCUT2D eigenvalue weighted by molar-refractivity contribution is -0.127. The van der Waals surface area contributed by atoms with Crippen LogP contribution in [0.25, 0.3) is 0 Å². The smallest absolute Gasteiger partial charge is 0.317 e. The lowest BCUT2D eigenvalue weighted by atomic mass is 9.93. The van der Waals surface area contributed by atoms with Crippen LogP contribution in [0.5, 0.6) is 0 Å². The summed E-state index contributed by atoms with van der Waals surface area (Å²) in [6.45, 7) is 7.98. The van der Waals surface area contributed by atoms with Gasteiger partial charge in [0.1, 0.15) is 0 Å². The molecule has 7 nitrogen and oxygen atoms in total. The van der Waals surface area contributed by atoms with E-state index in [9.17, 15) is 9.59 Å². The van der Waals surface area contributed by atoms with E-state index in [-0.39, 0.29) is 17.9 Å². The number of likely N-dealkylation sites (tertiary alicyclic amines) is 2. The van der Waals surface area contributed by atoms with Gasteiger partial charge in [-0.2, -0.15) is 0 Å². The van der Waals surface area contributed by atoms with Crippen molar-refractivity contribution in [3.63, 3.8) is 0 Å². The highest BCUT2D eigenvalue weighted by molar-refractivity contribution is 5.79. The fourth-order valence-corrected chi connectivity index (χ4v) is 4.08. The topological polar surface area (TPSA) is 77.6 Å². The quantitative estimate of drug-likeness (QED) is 0.732. The van der Waals surface area contributed by atoms with Crippen LogP contribution in [0.3, 0.4) is 0 Å². The molecular formula is C21H31N5O2.